The molecule has 1 aromatic heterocycles. The highest BCUT2D eigenvalue weighted by Crippen LogP contribution is 2.28. The van der Waals surface area contributed by atoms with Crippen molar-refractivity contribution in [2.75, 3.05) is 19.0 Å². The summed E-state index contributed by atoms with van der Waals surface area (Å²) in [7, 11) is -2.53. The topological polar surface area (TPSA) is 92.8 Å². The SMILES string of the molecule is COC(=O)c1cc(NC(=O)c2cccc(S(=O)(=O)N3CCc4sccc4C3)c2)ccc1Cl. The monoisotopic (exact) mass is 490 g/mol. The summed E-state index contributed by atoms with van der Waals surface area (Å²) in [5.41, 5.74) is 1.63. The maximum absolute atomic E-state index is 13.2. The predicted octanol–water partition coefficient (Wildman–Crippen LogP) is 4.19. The van der Waals surface area contributed by atoms with Gasteiger partial charge in [0.25, 0.3) is 5.91 Å². The molecule has 32 heavy (non-hydrogen) atoms. The van der Waals surface area contributed by atoms with E-state index in [1.54, 1.807) is 17.4 Å². The molecule has 0 bridgehead atoms. The molecule has 1 N–H and O–H groups in total. The largest absolute Gasteiger partial charge is 0.465 e. The number of esters is 1. The third kappa shape index (κ3) is 4.42. The summed E-state index contributed by atoms with van der Waals surface area (Å²) < 4.78 is 32.5. The third-order valence-electron chi connectivity index (χ3n) is 5.14. The Balaban J connectivity index is 1.55. The van der Waals surface area contributed by atoms with Gasteiger partial charge in [-0.15, -0.1) is 11.3 Å². The van der Waals surface area contributed by atoms with Crippen LogP contribution in [0.1, 0.15) is 31.2 Å². The van der Waals surface area contributed by atoms with Gasteiger partial charge < -0.3 is 10.1 Å². The number of rotatable bonds is 5. The minimum absolute atomic E-state index is 0.0511. The third-order valence-corrected chi connectivity index (χ3v) is 8.33. The van der Waals surface area contributed by atoms with Crippen molar-refractivity contribution in [3.63, 3.8) is 0 Å². The van der Waals surface area contributed by atoms with Crippen molar-refractivity contribution in [1.29, 1.82) is 0 Å². The van der Waals surface area contributed by atoms with E-state index in [1.807, 2.05) is 11.4 Å². The van der Waals surface area contributed by atoms with Gasteiger partial charge in [0.05, 0.1) is 22.6 Å². The molecule has 7 nitrogen and oxygen atoms in total. The van der Waals surface area contributed by atoms with E-state index in [-0.39, 0.29) is 21.0 Å². The Morgan fingerprint density at radius 3 is 2.75 bits per heavy atom. The number of nitrogens with zero attached hydrogens (tertiary/aromatic N) is 1. The fraction of sp³-hybridized carbons (Fsp3) is 0.182. The number of fused-ring (bicyclic) bond motifs is 1. The quantitative estimate of drug-likeness (QED) is 0.541. The van der Waals surface area contributed by atoms with Crippen LogP contribution in [0.2, 0.25) is 5.02 Å². The summed E-state index contributed by atoms with van der Waals surface area (Å²) in [5, 5.41) is 4.82. The lowest BCUT2D eigenvalue weighted by Crippen LogP contribution is -2.35. The first-order valence-corrected chi connectivity index (χ1v) is 12.3. The molecule has 0 fully saturated rings. The maximum atomic E-state index is 13.2. The van der Waals surface area contributed by atoms with Crippen molar-refractivity contribution in [2.24, 2.45) is 0 Å². The molecule has 0 radical (unpaired) electrons. The second-order valence-corrected chi connectivity index (χ2v) is 10.5. The summed E-state index contributed by atoms with van der Waals surface area (Å²) in [6.45, 7) is 0.714. The molecule has 0 saturated carbocycles. The van der Waals surface area contributed by atoms with E-state index in [0.717, 1.165) is 5.56 Å². The Kier molecular flexibility index (Phi) is 6.34. The number of carbonyl (C=O) groups is 2. The fourth-order valence-electron chi connectivity index (χ4n) is 3.45. The lowest BCUT2D eigenvalue weighted by Gasteiger charge is -2.26. The smallest absolute Gasteiger partial charge is 0.339 e. The summed E-state index contributed by atoms with van der Waals surface area (Å²) in [5.74, 6) is -1.14. The predicted molar refractivity (Wildman–Crippen MR) is 123 cm³/mol. The number of benzene rings is 2. The molecular weight excluding hydrogens is 472 g/mol. The van der Waals surface area contributed by atoms with Gasteiger partial charge in [-0.1, -0.05) is 17.7 Å². The van der Waals surface area contributed by atoms with Crippen molar-refractivity contribution < 1.29 is 22.7 Å². The molecule has 0 aliphatic carbocycles. The van der Waals surface area contributed by atoms with Gasteiger partial charge in [-0.2, -0.15) is 4.31 Å². The average Bonchev–Trinajstić information content (AvgIpc) is 3.28. The highest BCUT2D eigenvalue weighted by molar-refractivity contribution is 7.89. The Labute approximate surface area is 194 Å². The molecule has 0 spiro atoms. The van der Waals surface area contributed by atoms with Gasteiger partial charge in [-0.3, -0.25) is 4.79 Å². The number of ether oxygens (including phenoxy) is 1. The van der Waals surface area contributed by atoms with Crippen molar-refractivity contribution in [3.05, 3.63) is 80.5 Å². The van der Waals surface area contributed by atoms with Crippen LogP contribution in [-0.4, -0.2) is 38.3 Å². The van der Waals surface area contributed by atoms with E-state index in [9.17, 15) is 18.0 Å². The second-order valence-electron chi connectivity index (χ2n) is 7.13. The van der Waals surface area contributed by atoms with E-state index in [0.29, 0.717) is 25.2 Å². The van der Waals surface area contributed by atoms with E-state index >= 15 is 0 Å². The Hall–Kier alpha value is -2.72. The first-order valence-electron chi connectivity index (χ1n) is 9.64. The van der Waals surface area contributed by atoms with Crippen LogP contribution < -0.4 is 5.32 Å². The molecule has 1 aliphatic heterocycles. The van der Waals surface area contributed by atoms with Gasteiger partial charge in [-0.25, -0.2) is 13.2 Å². The number of anilines is 1. The molecule has 166 valence electrons. The van der Waals surface area contributed by atoms with Gasteiger partial charge >= 0.3 is 5.97 Å². The zero-order valence-corrected chi connectivity index (χ0v) is 19.4. The second kappa shape index (κ2) is 9.03. The summed E-state index contributed by atoms with van der Waals surface area (Å²) in [4.78, 5) is 25.8. The van der Waals surface area contributed by atoms with E-state index in [1.165, 1.54) is 52.7 Å². The molecular formula is C22H19ClN2O5S2. The molecule has 2 aromatic carbocycles. The fourth-order valence-corrected chi connectivity index (χ4v) is 6.00. The molecule has 1 aliphatic rings. The average molecular weight is 491 g/mol. The van der Waals surface area contributed by atoms with Crippen LogP contribution in [0.25, 0.3) is 0 Å². The normalized spacial score (nSPS) is 13.9. The highest BCUT2D eigenvalue weighted by Gasteiger charge is 2.29. The molecule has 2 heterocycles. The number of hydrogen-bond acceptors (Lipinski definition) is 6. The minimum Gasteiger partial charge on any atom is -0.465 e. The van der Waals surface area contributed by atoms with Crippen LogP contribution in [0.3, 0.4) is 0 Å². The van der Waals surface area contributed by atoms with Gasteiger partial charge in [0, 0.05) is 29.2 Å². The standard InChI is InChI=1S/C22H19ClN2O5S2/c1-30-22(27)18-12-16(5-6-19(18)23)24-21(26)14-3-2-4-17(11-14)32(28,29)25-9-7-20-15(13-25)8-10-31-20/h2-6,8,10-12H,7,9,13H2,1H3,(H,24,26). The van der Waals surface area contributed by atoms with Gasteiger partial charge in [-0.05, 0) is 59.8 Å². The van der Waals surface area contributed by atoms with Crippen molar-refractivity contribution in [2.45, 2.75) is 17.9 Å². The van der Waals surface area contributed by atoms with Crippen LogP contribution in [0.5, 0.6) is 0 Å². The molecule has 4 rings (SSSR count). The number of nitrogens with one attached hydrogen (secondary N) is 1. The Morgan fingerprint density at radius 2 is 1.97 bits per heavy atom. The number of halogens is 1. The first-order chi connectivity index (χ1) is 15.3. The van der Waals surface area contributed by atoms with Crippen LogP contribution in [0, 0.1) is 0 Å². The van der Waals surface area contributed by atoms with Crippen LogP contribution in [-0.2, 0) is 27.7 Å². The number of hydrogen-bond donors (Lipinski definition) is 1. The lowest BCUT2D eigenvalue weighted by atomic mass is 10.1. The van der Waals surface area contributed by atoms with E-state index < -0.39 is 21.9 Å². The van der Waals surface area contributed by atoms with Crippen molar-refractivity contribution in [1.82, 2.24) is 4.31 Å². The number of carbonyl (C=O) groups excluding carboxylic acids is 2. The Bertz CT molecular complexity index is 1300. The van der Waals surface area contributed by atoms with Gasteiger partial charge in [0.15, 0.2) is 0 Å². The molecule has 0 unspecified atom stereocenters. The molecule has 0 atom stereocenters. The number of thiophene rings is 1. The van der Waals surface area contributed by atoms with Crippen molar-refractivity contribution in [3.8, 4) is 0 Å². The summed E-state index contributed by atoms with van der Waals surface area (Å²) in [6, 6.07) is 12.2. The molecule has 10 heteroatoms. The van der Waals surface area contributed by atoms with Crippen LogP contribution in [0.15, 0.2) is 58.8 Å². The van der Waals surface area contributed by atoms with Gasteiger partial charge in [0.2, 0.25) is 10.0 Å². The van der Waals surface area contributed by atoms with Crippen molar-refractivity contribution >= 4 is 50.5 Å². The van der Waals surface area contributed by atoms with Gasteiger partial charge in [0.1, 0.15) is 0 Å². The minimum atomic E-state index is -3.76. The molecule has 3 aromatic rings. The number of amides is 1. The highest BCUT2D eigenvalue weighted by atomic mass is 35.5. The van der Waals surface area contributed by atoms with Crippen LogP contribution >= 0.6 is 22.9 Å². The van der Waals surface area contributed by atoms with E-state index in [2.05, 4.69) is 10.1 Å². The first kappa shape index (κ1) is 22.5. The molecule has 1 amide bonds. The number of sulfonamides is 1. The summed E-state index contributed by atoms with van der Waals surface area (Å²) >= 11 is 7.64. The molecule has 0 saturated heterocycles. The zero-order valence-electron chi connectivity index (χ0n) is 17.0. The zero-order chi connectivity index (χ0) is 22.9. The van der Waals surface area contributed by atoms with Crippen LogP contribution in [0.4, 0.5) is 5.69 Å². The number of methoxy groups -OCH3 is 1. The maximum Gasteiger partial charge on any atom is 0.339 e. The van der Waals surface area contributed by atoms with E-state index in [4.69, 9.17) is 11.6 Å². The summed E-state index contributed by atoms with van der Waals surface area (Å²) in [6.07, 6.45) is 0.672. The lowest BCUT2D eigenvalue weighted by molar-refractivity contribution is 0.0600. The Morgan fingerprint density at radius 1 is 1.16 bits per heavy atom.